The van der Waals surface area contributed by atoms with Gasteiger partial charge in [-0.05, 0) is 55.5 Å². The zero-order valence-electron chi connectivity index (χ0n) is 11.5. The molecule has 1 heterocycles. The van der Waals surface area contributed by atoms with Crippen LogP contribution in [-0.2, 0) is 6.42 Å². The number of anilines is 1. The molecule has 1 aromatic carbocycles. The third kappa shape index (κ3) is 2.89. The van der Waals surface area contributed by atoms with Crippen LogP contribution in [-0.4, -0.2) is 19.0 Å². The Morgan fingerprint density at radius 1 is 1.37 bits per heavy atom. The van der Waals surface area contributed by atoms with Crippen LogP contribution < -0.4 is 16.8 Å². The van der Waals surface area contributed by atoms with Crippen LogP contribution in [0, 0.1) is 0 Å². The maximum atomic E-state index is 11.5. The maximum absolute atomic E-state index is 11.5. The fourth-order valence-corrected chi connectivity index (χ4v) is 2.98. The summed E-state index contributed by atoms with van der Waals surface area (Å²) in [5.41, 5.74) is 15.1. The minimum atomic E-state index is -0.435. The highest BCUT2D eigenvalue weighted by Crippen LogP contribution is 2.35. The molecule has 4 nitrogen and oxygen atoms in total. The van der Waals surface area contributed by atoms with Crippen LogP contribution in [0.15, 0.2) is 12.1 Å². The number of carbonyl (C=O) groups is 1. The van der Waals surface area contributed by atoms with Crippen LogP contribution in [0.3, 0.4) is 0 Å². The van der Waals surface area contributed by atoms with E-state index >= 15 is 0 Å². The quantitative estimate of drug-likeness (QED) is 0.723. The number of amides is 1. The van der Waals surface area contributed by atoms with E-state index in [4.69, 9.17) is 11.5 Å². The van der Waals surface area contributed by atoms with Gasteiger partial charge in [-0.2, -0.15) is 0 Å². The number of rotatable bonds is 4. The van der Waals surface area contributed by atoms with Crippen LogP contribution in [0.2, 0.25) is 0 Å². The molecule has 0 bridgehead atoms. The van der Waals surface area contributed by atoms with Gasteiger partial charge in [-0.15, -0.1) is 0 Å². The van der Waals surface area contributed by atoms with Crippen molar-refractivity contribution in [1.82, 2.24) is 5.32 Å². The van der Waals surface area contributed by atoms with Gasteiger partial charge < -0.3 is 16.8 Å². The Kier molecular flexibility index (Phi) is 4.43. The lowest BCUT2D eigenvalue weighted by Gasteiger charge is -2.27. The lowest BCUT2D eigenvalue weighted by molar-refractivity contribution is 0.100. The summed E-state index contributed by atoms with van der Waals surface area (Å²) in [4.78, 5) is 11.5. The van der Waals surface area contributed by atoms with Crippen LogP contribution in [0.25, 0.3) is 0 Å². The normalized spacial score (nSPS) is 16.5. The number of carbonyl (C=O) groups excluding carboxylic acids is 1. The van der Waals surface area contributed by atoms with E-state index in [1.807, 2.05) is 6.07 Å². The van der Waals surface area contributed by atoms with Gasteiger partial charge in [0.25, 0.3) is 5.91 Å². The molecule has 0 saturated carbocycles. The number of nitrogen functional groups attached to an aromatic ring is 1. The van der Waals surface area contributed by atoms with Crippen LogP contribution in [0.5, 0.6) is 0 Å². The smallest absolute Gasteiger partial charge is 0.250 e. The second-order valence-electron chi connectivity index (χ2n) is 5.24. The SMILES string of the molecule is CCCc1ccc(C(N)=O)c(N)c1C1CCNCC1. The number of piperidine rings is 1. The molecule has 1 aliphatic rings. The molecule has 1 amide bonds. The van der Waals surface area contributed by atoms with E-state index in [1.165, 1.54) is 11.1 Å². The van der Waals surface area contributed by atoms with E-state index in [0.29, 0.717) is 17.2 Å². The lowest BCUT2D eigenvalue weighted by atomic mass is 9.83. The molecule has 0 unspecified atom stereocenters. The predicted octanol–water partition coefficient (Wildman–Crippen LogP) is 1.79. The number of aryl methyl sites for hydroxylation is 1. The van der Waals surface area contributed by atoms with E-state index in [1.54, 1.807) is 6.07 Å². The van der Waals surface area contributed by atoms with Crippen molar-refractivity contribution in [3.05, 3.63) is 28.8 Å². The van der Waals surface area contributed by atoms with E-state index in [-0.39, 0.29) is 0 Å². The number of hydrogen-bond acceptors (Lipinski definition) is 3. The summed E-state index contributed by atoms with van der Waals surface area (Å²) in [6.45, 7) is 4.18. The van der Waals surface area contributed by atoms with Gasteiger partial charge >= 0.3 is 0 Å². The molecule has 0 radical (unpaired) electrons. The van der Waals surface area contributed by atoms with Crippen molar-refractivity contribution in [2.45, 2.75) is 38.5 Å². The minimum Gasteiger partial charge on any atom is -0.398 e. The molecule has 1 saturated heterocycles. The molecule has 1 aliphatic heterocycles. The Morgan fingerprint density at radius 2 is 2.05 bits per heavy atom. The Labute approximate surface area is 114 Å². The summed E-state index contributed by atoms with van der Waals surface area (Å²) >= 11 is 0. The van der Waals surface area contributed by atoms with Gasteiger partial charge in [0.15, 0.2) is 0 Å². The van der Waals surface area contributed by atoms with Gasteiger partial charge in [0.05, 0.1) is 5.56 Å². The molecule has 19 heavy (non-hydrogen) atoms. The summed E-state index contributed by atoms with van der Waals surface area (Å²) in [6.07, 6.45) is 4.22. The fraction of sp³-hybridized carbons (Fsp3) is 0.533. The Balaban J connectivity index is 2.45. The summed E-state index contributed by atoms with van der Waals surface area (Å²) in [5, 5.41) is 3.36. The van der Waals surface area contributed by atoms with Crippen molar-refractivity contribution in [2.24, 2.45) is 5.73 Å². The first-order valence-electron chi connectivity index (χ1n) is 7.07. The van der Waals surface area contributed by atoms with Crippen molar-refractivity contribution >= 4 is 11.6 Å². The summed E-state index contributed by atoms with van der Waals surface area (Å²) in [5.74, 6) is 0.0119. The standard InChI is InChI=1S/C15H23N3O/c1-2-3-10-4-5-12(15(17)19)14(16)13(10)11-6-8-18-9-7-11/h4-5,11,18H,2-3,6-9,16H2,1H3,(H2,17,19). The molecule has 104 valence electrons. The molecule has 0 aliphatic carbocycles. The topological polar surface area (TPSA) is 81.1 Å². The van der Waals surface area contributed by atoms with Crippen molar-refractivity contribution in [2.75, 3.05) is 18.8 Å². The Morgan fingerprint density at radius 3 is 2.63 bits per heavy atom. The first-order valence-corrected chi connectivity index (χ1v) is 7.07. The number of nitrogens with one attached hydrogen (secondary N) is 1. The van der Waals surface area contributed by atoms with E-state index in [0.717, 1.165) is 38.8 Å². The summed E-state index contributed by atoms with van der Waals surface area (Å²) in [6, 6.07) is 3.80. The highest BCUT2D eigenvalue weighted by Gasteiger charge is 2.23. The lowest BCUT2D eigenvalue weighted by Crippen LogP contribution is -2.28. The molecular formula is C15H23N3O. The Bertz CT molecular complexity index is 465. The highest BCUT2D eigenvalue weighted by molar-refractivity contribution is 5.99. The third-order valence-electron chi connectivity index (χ3n) is 3.91. The zero-order valence-corrected chi connectivity index (χ0v) is 11.5. The number of primary amides is 1. The van der Waals surface area contributed by atoms with Crippen molar-refractivity contribution in [3.63, 3.8) is 0 Å². The van der Waals surface area contributed by atoms with Crippen LogP contribution >= 0.6 is 0 Å². The fourth-order valence-electron chi connectivity index (χ4n) is 2.98. The molecule has 0 aromatic heterocycles. The molecule has 2 rings (SSSR count). The van der Waals surface area contributed by atoms with Gasteiger partial charge in [0.1, 0.15) is 0 Å². The number of benzene rings is 1. The van der Waals surface area contributed by atoms with Crippen LogP contribution in [0.1, 0.15) is 53.6 Å². The molecule has 5 N–H and O–H groups in total. The molecule has 1 fully saturated rings. The Hall–Kier alpha value is -1.55. The molecule has 1 aromatic rings. The second kappa shape index (κ2) is 6.06. The molecule has 4 heteroatoms. The van der Waals surface area contributed by atoms with Gasteiger partial charge in [0.2, 0.25) is 0 Å². The minimum absolute atomic E-state index is 0.435. The van der Waals surface area contributed by atoms with Gasteiger partial charge in [-0.25, -0.2) is 0 Å². The third-order valence-corrected chi connectivity index (χ3v) is 3.91. The van der Waals surface area contributed by atoms with Crippen molar-refractivity contribution in [3.8, 4) is 0 Å². The number of hydrogen-bond donors (Lipinski definition) is 3. The van der Waals surface area contributed by atoms with E-state index < -0.39 is 5.91 Å². The zero-order chi connectivity index (χ0) is 13.8. The molecule has 0 atom stereocenters. The summed E-state index contributed by atoms with van der Waals surface area (Å²) in [7, 11) is 0. The van der Waals surface area contributed by atoms with Crippen LogP contribution in [0.4, 0.5) is 5.69 Å². The maximum Gasteiger partial charge on any atom is 0.250 e. The van der Waals surface area contributed by atoms with E-state index in [9.17, 15) is 4.79 Å². The molecular weight excluding hydrogens is 238 g/mol. The first-order chi connectivity index (χ1) is 9.15. The van der Waals surface area contributed by atoms with Crippen molar-refractivity contribution in [1.29, 1.82) is 0 Å². The number of nitrogens with two attached hydrogens (primary N) is 2. The van der Waals surface area contributed by atoms with Gasteiger partial charge in [-0.1, -0.05) is 19.4 Å². The first kappa shape index (κ1) is 13.9. The van der Waals surface area contributed by atoms with Gasteiger partial charge in [-0.3, -0.25) is 4.79 Å². The monoisotopic (exact) mass is 261 g/mol. The average Bonchev–Trinajstić information content (AvgIpc) is 2.40. The second-order valence-corrected chi connectivity index (χ2v) is 5.24. The summed E-state index contributed by atoms with van der Waals surface area (Å²) < 4.78 is 0. The average molecular weight is 261 g/mol. The largest absolute Gasteiger partial charge is 0.398 e. The highest BCUT2D eigenvalue weighted by atomic mass is 16.1. The predicted molar refractivity (Wildman–Crippen MR) is 78.2 cm³/mol. The molecule has 0 spiro atoms. The van der Waals surface area contributed by atoms with E-state index in [2.05, 4.69) is 12.2 Å². The van der Waals surface area contributed by atoms with Gasteiger partial charge in [0, 0.05) is 5.69 Å². The van der Waals surface area contributed by atoms with Crippen molar-refractivity contribution < 1.29 is 4.79 Å².